The summed E-state index contributed by atoms with van der Waals surface area (Å²) in [5.41, 5.74) is 6.16. The average Bonchev–Trinajstić information content (AvgIpc) is 3.24. The molecule has 0 fully saturated rings. The van der Waals surface area contributed by atoms with Crippen LogP contribution in [0.4, 0.5) is 0 Å². The third-order valence-corrected chi connectivity index (χ3v) is 7.44. The van der Waals surface area contributed by atoms with Gasteiger partial charge in [0, 0.05) is 61.3 Å². The predicted octanol–water partition coefficient (Wildman–Crippen LogP) is 11.9. The van der Waals surface area contributed by atoms with Crippen LogP contribution >= 0.6 is 0 Å². The monoisotopic (exact) mass is 1020 g/mol. The van der Waals surface area contributed by atoms with Crippen LogP contribution in [-0.4, -0.2) is 17.3 Å². The van der Waals surface area contributed by atoms with Crippen molar-refractivity contribution < 1.29 is 75.7 Å². The number of rotatable bonds is 12. The zero-order valence-electron chi connectivity index (χ0n) is 30.9. The molecule has 3 nitrogen and oxygen atoms in total. The minimum absolute atomic E-state index is 0. The number of ketones is 3. The summed E-state index contributed by atoms with van der Waals surface area (Å²) in [6.45, 7) is 0. The topological polar surface area (TPSA) is 51.2 Å². The maximum Gasteiger partial charge on any atom is 0.178 e. The van der Waals surface area contributed by atoms with E-state index in [-0.39, 0.29) is 78.6 Å². The van der Waals surface area contributed by atoms with Crippen molar-refractivity contribution in [1.29, 1.82) is 0 Å². The molecule has 0 saturated heterocycles. The van der Waals surface area contributed by atoms with E-state index in [1.807, 2.05) is 218 Å². The Labute approximate surface area is 378 Å². The molecule has 57 heavy (non-hydrogen) atoms. The van der Waals surface area contributed by atoms with E-state index in [0.29, 0.717) is 0 Å². The minimum atomic E-state index is -0.0114. The zero-order chi connectivity index (χ0) is 37.9. The van der Waals surface area contributed by atoms with Crippen LogP contribution in [0.2, 0.25) is 0 Å². The standard InChI is InChI=1S/3C17H14O.3Pd/c3*18-17(13-11-15-7-3-1-4-8-15)14-12-16-9-5-2-6-10-16;;;/h3*1-14H;;;/b3*13-11+,14-12+;;;. The third kappa shape index (κ3) is 22.8. The second-order valence-corrected chi connectivity index (χ2v) is 11.7. The van der Waals surface area contributed by atoms with Crippen LogP contribution < -0.4 is 0 Å². The Morgan fingerprint density at radius 1 is 0.228 bits per heavy atom. The quantitative estimate of drug-likeness (QED) is 0.0907. The molecule has 0 N–H and O–H groups in total. The summed E-state index contributed by atoms with van der Waals surface area (Å²) in [7, 11) is 0. The Kier molecular flexibility index (Phi) is 27.0. The first-order chi connectivity index (χ1) is 26.5. The first-order valence-corrected chi connectivity index (χ1v) is 17.5. The van der Waals surface area contributed by atoms with E-state index in [2.05, 4.69) is 0 Å². The number of carbonyl (C=O) groups excluding carboxylic acids is 3. The first kappa shape index (κ1) is 49.8. The molecule has 6 heteroatoms. The van der Waals surface area contributed by atoms with Crippen LogP contribution in [0.1, 0.15) is 33.4 Å². The summed E-state index contributed by atoms with van der Waals surface area (Å²) in [5, 5.41) is 0. The molecule has 6 aromatic carbocycles. The fraction of sp³-hybridized carbons (Fsp3) is 0. The Morgan fingerprint density at radius 2 is 0.351 bits per heavy atom. The van der Waals surface area contributed by atoms with E-state index < -0.39 is 0 Å². The second-order valence-electron chi connectivity index (χ2n) is 11.7. The van der Waals surface area contributed by atoms with Gasteiger partial charge in [-0.3, -0.25) is 14.4 Å². The van der Waals surface area contributed by atoms with Crippen LogP contribution in [0.5, 0.6) is 0 Å². The van der Waals surface area contributed by atoms with Crippen LogP contribution in [0.3, 0.4) is 0 Å². The molecular formula is C51H42O3Pd3. The molecule has 0 saturated carbocycles. The number of hydrogen-bond acceptors (Lipinski definition) is 3. The number of carbonyl (C=O) groups is 3. The molecular weight excluding hydrogens is 980 g/mol. The molecule has 0 amide bonds. The minimum Gasteiger partial charge on any atom is -0.290 e. The summed E-state index contributed by atoms with van der Waals surface area (Å²) in [6.07, 6.45) is 20.4. The van der Waals surface area contributed by atoms with Crippen molar-refractivity contribution in [2.45, 2.75) is 0 Å². The van der Waals surface area contributed by atoms with Crippen LogP contribution in [-0.2, 0) is 75.7 Å². The summed E-state index contributed by atoms with van der Waals surface area (Å²) < 4.78 is 0. The molecule has 0 radical (unpaired) electrons. The Hall–Kier alpha value is -5.24. The van der Waals surface area contributed by atoms with E-state index >= 15 is 0 Å². The van der Waals surface area contributed by atoms with Gasteiger partial charge in [-0.15, -0.1) is 0 Å². The van der Waals surface area contributed by atoms with Gasteiger partial charge >= 0.3 is 0 Å². The smallest absolute Gasteiger partial charge is 0.178 e. The van der Waals surface area contributed by atoms with Crippen molar-refractivity contribution in [2.75, 3.05) is 0 Å². The molecule has 0 unspecified atom stereocenters. The predicted molar refractivity (Wildman–Crippen MR) is 228 cm³/mol. The van der Waals surface area contributed by atoms with Crippen molar-refractivity contribution in [2.24, 2.45) is 0 Å². The van der Waals surface area contributed by atoms with Gasteiger partial charge in [0.1, 0.15) is 0 Å². The van der Waals surface area contributed by atoms with Gasteiger partial charge in [0.05, 0.1) is 0 Å². The molecule has 6 aromatic rings. The van der Waals surface area contributed by atoms with Gasteiger partial charge < -0.3 is 0 Å². The van der Waals surface area contributed by atoms with Crippen molar-refractivity contribution in [3.05, 3.63) is 252 Å². The Balaban J connectivity index is 0.000000417. The van der Waals surface area contributed by atoms with Crippen LogP contribution in [0, 0.1) is 0 Å². The average molecular weight is 1020 g/mol. The molecule has 0 aliphatic carbocycles. The summed E-state index contributed by atoms with van der Waals surface area (Å²) in [5.74, 6) is -0.0341. The molecule has 294 valence electrons. The fourth-order valence-corrected chi connectivity index (χ4v) is 4.62. The van der Waals surface area contributed by atoms with Gasteiger partial charge in [-0.25, -0.2) is 0 Å². The van der Waals surface area contributed by atoms with Crippen molar-refractivity contribution >= 4 is 53.8 Å². The SMILES string of the molecule is O=C(/C=C/c1ccccc1)/C=C/c1ccccc1.O=C(/C=C/c1ccccc1)/C=C/c1ccccc1.O=C(/C=C/c1ccccc1)/C=C/c1ccccc1.[Pd].[Pd].[Pd]. The molecule has 0 aliphatic rings. The number of benzene rings is 6. The van der Waals surface area contributed by atoms with Gasteiger partial charge in [0.25, 0.3) is 0 Å². The molecule has 0 heterocycles. The van der Waals surface area contributed by atoms with Gasteiger partial charge in [0.2, 0.25) is 0 Å². The van der Waals surface area contributed by atoms with Gasteiger partial charge in [-0.05, 0) is 69.8 Å². The zero-order valence-corrected chi connectivity index (χ0v) is 35.6. The molecule has 6 rings (SSSR count). The summed E-state index contributed by atoms with van der Waals surface area (Å²) in [6, 6.07) is 58.7. The van der Waals surface area contributed by atoms with Crippen molar-refractivity contribution in [3.63, 3.8) is 0 Å². The van der Waals surface area contributed by atoms with Crippen molar-refractivity contribution in [1.82, 2.24) is 0 Å². The number of hydrogen-bond donors (Lipinski definition) is 0. The van der Waals surface area contributed by atoms with Gasteiger partial charge in [0.15, 0.2) is 17.3 Å². The largest absolute Gasteiger partial charge is 0.290 e. The van der Waals surface area contributed by atoms with Crippen molar-refractivity contribution in [3.8, 4) is 0 Å². The fourth-order valence-electron chi connectivity index (χ4n) is 4.62. The van der Waals surface area contributed by atoms with Crippen LogP contribution in [0.25, 0.3) is 36.5 Å². The van der Waals surface area contributed by atoms with E-state index in [1.165, 1.54) is 0 Å². The number of allylic oxidation sites excluding steroid dienone is 6. The third-order valence-electron chi connectivity index (χ3n) is 7.44. The molecule has 0 aromatic heterocycles. The van der Waals surface area contributed by atoms with E-state index in [9.17, 15) is 14.4 Å². The van der Waals surface area contributed by atoms with Crippen LogP contribution in [0.15, 0.2) is 218 Å². The van der Waals surface area contributed by atoms with E-state index in [1.54, 1.807) is 36.5 Å². The normalized spacial score (nSPS) is 10.5. The Morgan fingerprint density at radius 3 is 0.474 bits per heavy atom. The molecule has 0 bridgehead atoms. The Bertz CT molecular complexity index is 1770. The first-order valence-electron chi connectivity index (χ1n) is 17.5. The summed E-state index contributed by atoms with van der Waals surface area (Å²) >= 11 is 0. The van der Waals surface area contributed by atoms with Gasteiger partial charge in [-0.2, -0.15) is 0 Å². The maximum atomic E-state index is 11.6. The molecule has 0 spiro atoms. The maximum absolute atomic E-state index is 11.6. The summed E-state index contributed by atoms with van der Waals surface area (Å²) in [4.78, 5) is 34.8. The molecule has 0 aliphatic heterocycles. The van der Waals surface area contributed by atoms with E-state index in [4.69, 9.17) is 0 Å². The second kappa shape index (κ2) is 30.9. The molecule has 0 atom stereocenters. The van der Waals surface area contributed by atoms with Gasteiger partial charge in [-0.1, -0.05) is 218 Å². The van der Waals surface area contributed by atoms with E-state index in [0.717, 1.165) is 33.4 Å².